The van der Waals surface area contributed by atoms with Crippen LogP contribution in [0, 0.1) is 5.82 Å². The molecule has 0 unspecified atom stereocenters. The summed E-state index contributed by atoms with van der Waals surface area (Å²) in [6.45, 7) is 1.29. The van der Waals surface area contributed by atoms with E-state index in [4.69, 9.17) is 20.8 Å². The van der Waals surface area contributed by atoms with Crippen molar-refractivity contribution in [2.24, 2.45) is 0 Å². The lowest BCUT2D eigenvalue weighted by Crippen LogP contribution is -2.30. The van der Waals surface area contributed by atoms with Gasteiger partial charge in [0.2, 0.25) is 0 Å². The van der Waals surface area contributed by atoms with Crippen molar-refractivity contribution in [2.45, 2.75) is 13.0 Å². The van der Waals surface area contributed by atoms with Crippen molar-refractivity contribution in [3.8, 4) is 0 Å². The first-order valence-corrected chi connectivity index (χ1v) is 8.52. The fourth-order valence-corrected chi connectivity index (χ4v) is 3.69. The lowest BCUT2D eigenvalue weighted by Gasteiger charge is -2.11. The summed E-state index contributed by atoms with van der Waals surface area (Å²) in [4.78, 5) is 24.2. The second-order valence-electron chi connectivity index (χ2n) is 5.27. The molecule has 0 aliphatic rings. The van der Waals surface area contributed by atoms with Gasteiger partial charge in [-0.1, -0.05) is 11.6 Å². The lowest BCUT2D eigenvalue weighted by atomic mass is 10.2. The van der Waals surface area contributed by atoms with Crippen LogP contribution < -0.4 is 5.32 Å². The highest BCUT2D eigenvalue weighted by molar-refractivity contribution is 7.21. The summed E-state index contributed by atoms with van der Waals surface area (Å²) in [5.41, 5.74) is 0. The maximum absolute atomic E-state index is 13.3. The Kier molecular flexibility index (Phi) is 5.06. The Morgan fingerprint density at radius 3 is 2.92 bits per heavy atom. The number of hydrogen-bond donors (Lipinski definition) is 1. The molecule has 1 aromatic carbocycles. The van der Waals surface area contributed by atoms with E-state index in [0.717, 1.165) is 11.3 Å². The number of nitrogens with one attached hydrogen (secondary N) is 1. The summed E-state index contributed by atoms with van der Waals surface area (Å²) in [7, 11) is 0. The predicted octanol–water partition coefficient (Wildman–Crippen LogP) is 4.32. The van der Waals surface area contributed by atoms with Crippen LogP contribution in [-0.2, 0) is 9.53 Å². The van der Waals surface area contributed by atoms with Crippen LogP contribution in [0.15, 0.2) is 41.0 Å². The number of ether oxygens (including phenoxy) is 1. The molecule has 0 bridgehead atoms. The van der Waals surface area contributed by atoms with Crippen LogP contribution in [0.25, 0.3) is 10.1 Å². The normalized spacial score (nSPS) is 12.1. The molecule has 3 aromatic rings. The number of esters is 1. The molecule has 2 heterocycles. The number of hydrogen-bond acceptors (Lipinski definition) is 5. The Labute approximate surface area is 151 Å². The average Bonchev–Trinajstić information content (AvgIpc) is 3.21. The standard InChI is InChI=1S/C17H13ClFNO4S/c1-9(12-3-2-6-23-12)20-14(21)8-24-17(22)16-15(18)11-5-4-10(19)7-13(11)25-16/h2-7,9H,8H2,1H3,(H,20,21)/t9-/m1/s1. The van der Waals surface area contributed by atoms with Crippen molar-refractivity contribution in [1.82, 2.24) is 5.32 Å². The van der Waals surface area contributed by atoms with Gasteiger partial charge in [0, 0.05) is 10.1 Å². The van der Waals surface area contributed by atoms with E-state index in [2.05, 4.69) is 5.32 Å². The summed E-state index contributed by atoms with van der Waals surface area (Å²) >= 11 is 7.16. The van der Waals surface area contributed by atoms with E-state index >= 15 is 0 Å². The minimum Gasteiger partial charge on any atom is -0.467 e. The number of carbonyl (C=O) groups excluding carboxylic acids is 2. The number of rotatable bonds is 5. The van der Waals surface area contributed by atoms with Gasteiger partial charge in [-0.15, -0.1) is 11.3 Å². The van der Waals surface area contributed by atoms with E-state index in [9.17, 15) is 14.0 Å². The van der Waals surface area contributed by atoms with Gasteiger partial charge < -0.3 is 14.5 Å². The largest absolute Gasteiger partial charge is 0.467 e. The minimum atomic E-state index is -0.729. The highest BCUT2D eigenvalue weighted by Crippen LogP contribution is 2.36. The number of thiophene rings is 1. The quantitative estimate of drug-likeness (QED) is 0.668. The molecule has 0 aliphatic carbocycles. The highest BCUT2D eigenvalue weighted by Gasteiger charge is 2.20. The molecule has 3 rings (SSSR count). The van der Waals surface area contributed by atoms with Crippen molar-refractivity contribution in [3.63, 3.8) is 0 Å². The van der Waals surface area contributed by atoms with Gasteiger partial charge in [0.1, 0.15) is 16.5 Å². The van der Waals surface area contributed by atoms with E-state index in [0.29, 0.717) is 15.8 Å². The summed E-state index contributed by atoms with van der Waals surface area (Å²) in [6.07, 6.45) is 1.50. The first-order valence-electron chi connectivity index (χ1n) is 7.33. The predicted molar refractivity (Wildman–Crippen MR) is 92.3 cm³/mol. The van der Waals surface area contributed by atoms with Crippen molar-refractivity contribution in [1.29, 1.82) is 0 Å². The molecule has 0 radical (unpaired) electrons. The first-order chi connectivity index (χ1) is 12.0. The Hall–Kier alpha value is -2.38. The van der Waals surface area contributed by atoms with Gasteiger partial charge in [-0.2, -0.15) is 0 Å². The van der Waals surface area contributed by atoms with E-state index in [1.54, 1.807) is 19.1 Å². The van der Waals surface area contributed by atoms with Gasteiger partial charge in [-0.25, -0.2) is 9.18 Å². The van der Waals surface area contributed by atoms with Crippen LogP contribution in [0.1, 0.15) is 28.4 Å². The Balaban J connectivity index is 1.62. The third-order valence-electron chi connectivity index (χ3n) is 3.46. The summed E-state index contributed by atoms with van der Waals surface area (Å²) in [6, 6.07) is 7.15. The summed E-state index contributed by atoms with van der Waals surface area (Å²) < 4.78 is 24.0. The van der Waals surface area contributed by atoms with Gasteiger partial charge in [0.25, 0.3) is 5.91 Å². The molecule has 0 aliphatic heterocycles. The smallest absolute Gasteiger partial charge is 0.350 e. The van der Waals surface area contributed by atoms with E-state index in [1.165, 1.54) is 24.5 Å². The van der Waals surface area contributed by atoms with Gasteiger partial charge in [-0.05, 0) is 37.3 Å². The maximum Gasteiger partial charge on any atom is 0.350 e. The van der Waals surface area contributed by atoms with Crippen LogP contribution in [0.2, 0.25) is 5.02 Å². The number of fused-ring (bicyclic) bond motifs is 1. The SMILES string of the molecule is C[C@@H](NC(=O)COC(=O)c1sc2cc(F)ccc2c1Cl)c1ccco1. The number of furan rings is 1. The molecule has 1 atom stereocenters. The molecule has 0 spiro atoms. The highest BCUT2D eigenvalue weighted by atomic mass is 35.5. The molecule has 0 saturated carbocycles. The third-order valence-corrected chi connectivity index (χ3v) is 5.10. The molecular weight excluding hydrogens is 369 g/mol. The zero-order chi connectivity index (χ0) is 18.0. The van der Waals surface area contributed by atoms with Gasteiger partial charge in [0.05, 0.1) is 17.3 Å². The molecule has 0 fully saturated rings. The second-order valence-corrected chi connectivity index (χ2v) is 6.70. The topological polar surface area (TPSA) is 68.5 Å². The van der Waals surface area contributed by atoms with Crippen LogP contribution in [0.5, 0.6) is 0 Å². The van der Waals surface area contributed by atoms with E-state index in [-0.39, 0.29) is 15.9 Å². The van der Waals surface area contributed by atoms with E-state index < -0.39 is 24.3 Å². The van der Waals surface area contributed by atoms with Gasteiger partial charge in [0.15, 0.2) is 6.61 Å². The van der Waals surface area contributed by atoms with E-state index in [1.807, 2.05) is 0 Å². The van der Waals surface area contributed by atoms with Gasteiger partial charge in [-0.3, -0.25) is 4.79 Å². The molecule has 5 nitrogen and oxygen atoms in total. The number of carbonyl (C=O) groups is 2. The number of benzene rings is 1. The van der Waals surface area contributed by atoms with Crippen LogP contribution >= 0.6 is 22.9 Å². The van der Waals surface area contributed by atoms with Crippen molar-refractivity contribution >= 4 is 44.9 Å². The summed E-state index contributed by atoms with van der Waals surface area (Å²) in [5.74, 6) is -1.03. The lowest BCUT2D eigenvalue weighted by molar-refractivity contribution is -0.125. The molecular formula is C17H13ClFNO4S. The second kappa shape index (κ2) is 7.25. The minimum absolute atomic E-state index is 0.133. The fourth-order valence-electron chi connectivity index (χ4n) is 2.26. The monoisotopic (exact) mass is 381 g/mol. The molecule has 2 aromatic heterocycles. The molecule has 1 N–H and O–H groups in total. The van der Waals surface area contributed by atoms with Crippen molar-refractivity contribution in [2.75, 3.05) is 6.61 Å². The Morgan fingerprint density at radius 1 is 1.40 bits per heavy atom. The number of amides is 1. The summed E-state index contributed by atoms with van der Waals surface area (Å²) in [5, 5.41) is 3.40. The molecule has 130 valence electrons. The van der Waals surface area contributed by atoms with Gasteiger partial charge >= 0.3 is 5.97 Å². The molecule has 8 heteroatoms. The Morgan fingerprint density at radius 2 is 2.20 bits per heavy atom. The van der Waals surface area contributed by atoms with Crippen LogP contribution in [-0.4, -0.2) is 18.5 Å². The average molecular weight is 382 g/mol. The third kappa shape index (κ3) is 3.83. The molecule has 0 saturated heterocycles. The number of halogens is 2. The van der Waals surface area contributed by atoms with Crippen LogP contribution in [0.4, 0.5) is 4.39 Å². The Bertz CT molecular complexity index is 922. The van der Waals surface area contributed by atoms with Crippen molar-refractivity contribution < 1.29 is 23.1 Å². The van der Waals surface area contributed by atoms with Crippen LogP contribution in [0.3, 0.4) is 0 Å². The molecule has 25 heavy (non-hydrogen) atoms. The fraction of sp³-hybridized carbons (Fsp3) is 0.176. The maximum atomic E-state index is 13.3. The first kappa shape index (κ1) is 17.4. The van der Waals surface area contributed by atoms with Crippen molar-refractivity contribution in [3.05, 3.63) is 58.1 Å². The zero-order valence-corrected chi connectivity index (χ0v) is 14.6. The molecule has 1 amide bonds. The zero-order valence-electron chi connectivity index (χ0n) is 13.0.